The van der Waals surface area contributed by atoms with Crippen molar-refractivity contribution in [2.24, 2.45) is 0 Å². The molecule has 0 aliphatic heterocycles. The van der Waals surface area contributed by atoms with Crippen molar-refractivity contribution >= 4 is 11.8 Å². The minimum Gasteiger partial charge on any atom is -0.367 e. The Balaban J connectivity index is 0. The fourth-order valence-corrected chi connectivity index (χ4v) is 0.581. The minimum atomic E-state index is 0. The van der Waals surface area contributed by atoms with Gasteiger partial charge in [-0.05, 0) is 6.26 Å². The quantitative estimate of drug-likeness (QED) is 0.573. The van der Waals surface area contributed by atoms with E-state index in [1.54, 1.807) is 0 Å². The van der Waals surface area contributed by atoms with Gasteiger partial charge in [0, 0.05) is 21.1 Å². The Bertz CT molecular complexity index is 159. The molecule has 0 spiro atoms. The average Bonchev–Trinajstić information content (AvgIpc) is 2.10. The van der Waals surface area contributed by atoms with Gasteiger partial charge in [-0.2, -0.15) is 5.10 Å². The van der Waals surface area contributed by atoms with E-state index >= 15 is 0 Å². The van der Waals surface area contributed by atoms with E-state index in [1.165, 1.54) is 18.0 Å². The van der Waals surface area contributed by atoms with Crippen molar-refractivity contribution in [1.29, 1.82) is 0 Å². The van der Waals surface area contributed by atoms with Crippen molar-refractivity contribution < 1.29 is 21.1 Å². The van der Waals surface area contributed by atoms with E-state index in [2.05, 4.69) is 21.4 Å². The fraction of sp³-hybridized carbons (Fsp3) is 0.500. The van der Waals surface area contributed by atoms with Gasteiger partial charge in [0.2, 0.25) is 5.16 Å². The first kappa shape index (κ1) is 13.6. The van der Waals surface area contributed by atoms with Crippen LogP contribution >= 0.6 is 11.8 Å². The molecule has 0 saturated heterocycles. The molecule has 1 aromatic rings. The molecule has 5 heteroatoms. The van der Waals surface area contributed by atoms with Gasteiger partial charge in [-0.15, -0.1) is 6.20 Å². The predicted molar refractivity (Wildman–Crippen MR) is 41.8 cm³/mol. The zero-order valence-corrected chi connectivity index (χ0v) is 10.5. The summed E-state index contributed by atoms with van der Waals surface area (Å²) in [5.74, 6) is 0. The zero-order valence-electron chi connectivity index (χ0n) is 6.74. The molecule has 1 aromatic heterocycles. The largest absolute Gasteiger partial charge is 0.367 e. The average molecular weight is 340 g/mol. The maximum atomic E-state index is 3.83. The maximum Gasteiger partial charge on any atom is 0.202 e. The van der Waals surface area contributed by atoms with Gasteiger partial charge >= 0.3 is 0 Å². The van der Waals surface area contributed by atoms with Crippen molar-refractivity contribution in [2.45, 2.75) is 19.0 Å². The first-order valence-electron chi connectivity index (χ1n) is 3.03. The van der Waals surface area contributed by atoms with Crippen LogP contribution in [-0.4, -0.2) is 21.4 Å². The van der Waals surface area contributed by atoms with E-state index in [9.17, 15) is 0 Å². The van der Waals surface area contributed by atoms with Crippen LogP contribution in [0.15, 0.2) is 11.4 Å². The third kappa shape index (κ3) is 6.45. The van der Waals surface area contributed by atoms with Crippen molar-refractivity contribution in [2.75, 3.05) is 6.26 Å². The monoisotopic (exact) mass is 340 g/mol. The molecule has 0 amide bonds. The minimum absolute atomic E-state index is 0. The Hall–Kier alpha value is 0.0483. The standard InChI is InChI=1S/C4H4N3S.C2H6.W/c1-8-4-5-2-3-6-7-4;1-2;/h2H,1H3;1-2H3;/q-1;;. The summed E-state index contributed by atoms with van der Waals surface area (Å²) >= 11 is 1.46. The fourth-order valence-electron chi connectivity index (χ4n) is 0.301. The Morgan fingerprint density at radius 2 is 2.09 bits per heavy atom. The number of rotatable bonds is 1. The Labute approximate surface area is 85.7 Å². The molecule has 1 heterocycles. The van der Waals surface area contributed by atoms with E-state index < -0.39 is 0 Å². The number of hydrogen-bond acceptors (Lipinski definition) is 4. The second-order valence-electron chi connectivity index (χ2n) is 1.07. The van der Waals surface area contributed by atoms with Crippen LogP contribution in [0, 0.1) is 6.20 Å². The molecule has 0 aliphatic rings. The molecule has 0 N–H and O–H groups in total. The summed E-state index contributed by atoms with van der Waals surface area (Å²) in [7, 11) is 0. The molecule has 0 atom stereocenters. The molecule has 0 unspecified atom stereocenters. The second kappa shape index (κ2) is 10.0. The second-order valence-corrected chi connectivity index (χ2v) is 1.85. The van der Waals surface area contributed by atoms with Crippen molar-refractivity contribution in [3.8, 4) is 0 Å². The van der Waals surface area contributed by atoms with Crippen molar-refractivity contribution in [3.05, 3.63) is 12.4 Å². The van der Waals surface area contributed by atoms with Gasteiger partial charge in [-0.1, -0.05) is 25.6 Å². The van der Waals surface area contributed by atoms with Crippen LogP contribution in [0.1, 0.15) is 13.8 Å². The van der Waals surface area contributed by atoms with Crippen molar-refractivity contribution in [1.82, 2.24) is 15.2 Å². The SMILES string of the molecule is CC.CSc1nc[c-]nn1.[W]. The summed E-state index contributed by atoms with van der Waals surface area (Å²) in [6.07, 6.45) is 5.88. The van der Waals surface area contributed by atoms with E-state index in [0.717, 1.165) is 0 Å². The molecule has 0 radical (unpaired) electrons. The van der Waals surface area contributed by atoms with Gasteiger partial charge in [0.1, 0.15) is 0 Å². The van der Waals surface area contributed by atoms with Gasteiger partial charge in [-0.3, -0.25) is 4.98 Å². The van der Waals surface area contributed by atoms with Crippen LogP contribution in [0.25, 0.3) is 0 Å². The summed E-state index contributed by atoms with van der Waals surface area (Å²) in [5, 5.41) is 7.82. The van der Waals surface area contributed by atoms with Crippen LogP contribution in [0.2, 0.25) is 0 Å². The molecule has 62 valence electrons. The number of nitrogens with zero attached hydrogens (tertiary/aromatic N) is 3. The Morgan fingerprint density at radius 3 is 2.36 bits per heavy atom. The molecular weight excluding hydrogens is 330 g/mol. The predicted octanol–water partition coefficient (Wildman–Crippen LogP) is 1.42. The van der Waals surface area contributed by atoms with Crippen LogP contribution < -0.4 is 0 Å². The van der Waals surface area contributed by atoms with Crippen LogP contribution in [0.3, 0.4) is 0 Å². The smallest absolute Gasteiger partial charge is 0.202 e. The van der Waals surface area contributed by atoms with Crippen LogP contribution in [0.5, 0.6) is 0 Å². The first-order valence-corrected chi connectivity index (χ1v) is 4.25. The summed E-state index contributed by atoms with van der Waals surface area (Å²) in [6.45, 7) is 4.00. The molecular formula is C6H10N3SW-. The van der Waals surface area contributed by atoms with Gasteiger partial charge in [0.25, 0.3) is 0 Å². The van der Waals surface area contributed by atoms with Gasteiger partial charge < -0.3 is 11.3 Å². The third-order valence-electron chi connectivity index (χ3n) is 0.609. The molecule has 11 heavy (non-hydrogen) atoms. The van der Waals surface area contributed by atoms with E-state index in [-0.39, 0.29) is 21.1 Å². The van der Waals surface area contributed by atoms with E-state index in [1.807, 2.05) is 20.1 Å². The van der Waals surface area contributed by atoms with E-state index in [4.69, 9.17) is 0 Å². The van der Waals surface area contributed by atoms with Crippen LogP contribution in [0.4, 0.5) is 0 Å². The topological polar surface area (TPSA) is 38.7 Å². The summed E-state index contributed by atoms with van der Waals surface area (Å²) in [6, 6.07) is 0. The molecule has 0 bridgehead atoms. The molecule has 0 fully saturated rings. The number of hydrogen-bond donors (Lipinski definition) is 0. The Morgan fingerprint density at radius 1 is 1.45 bits per heavy atom. The molecule has 1 rings (SSSR count). The normalized spacial score (nSPS) is 7.18. The summed E-state index contributed by atoms with van der Waals surface area (Å²) in [4.78, 5) is 3.83. The molecule has 0 aliphatic carbocycles. The van der Waals surface area contributed by atoms with Crippen LogP contribution in [-0.2, 0) is 21.1 Å². The summed E-state index contributed by atoms with van der Waals surface area (Å²) < 4.78 is 0. The molecule has 0 aromatic carbocycles. The Kier molecular flexibility index (Phi) is 12.4. The van der Waals surface area contributed by atoms with Gasteiger partial charge in [0.15, 0.2) is 0 Å². The third-order valence-corrected chi connectivity index (χ3v) is 1.16. The first-order chi connectivity index (χ1) is 4.93. The van der Waals surface area contributed by atoms with Gasteiger partial charge in [0.05, 0.1) is 0 Å². The molecule has 3 nitrogen and oxygen atoms in total. The number of aromatic nitrogens is 3. The zero-order chi connectivity index (χ0) is 7.82. The summed E-state index contributed by atoms with van der Waals surface area (Å²) in [5.41, 5.74) is 0. The number of thioether (sulfide) groups is 1. The maximum absolute atomic E-state index is 3.83. The van der Waals surface area contributed by atoms with E-state index in [0.29, 0.717) is 5.16 Å². The van der Waals surface area contributed by atoms with Gasteiger partial charge in [-0.25, -0.2) is 0 Å². The van der Waals surface area contributed by atoms with Crippen molar-refractivity contribution in [3.63, 3.8) is 0 Å². The molecule has 0 saturated carbocycles.